The molecule has 0 amide bonds. The molecule has 0 bridgehead atoms. The van der Waals surface area contributed by atoms with Crippen LogP contribution >= 0.6 is 0 Å². The van der Waals surface area contributed by atoms with Gasteiger partial charge in [0.2, 0.25) is 0 Å². The fraction of sp³-hybridized carbons (Fsp3) is 0.0952. The molecule has 0 radical (unpaired) electrons. The third-order valence-corrected chi connectivity index (χ3v) is 4.01. The lowest BCUT2D eigenvalue weighted by Crippen LogP contribution is -1.93. The second-order valence-corrected chi connectivity index (χ2v) is 5.61. The van der Waals surface area contributed by atoms with E-state index in [1.165, 1.54) is 12.1 Å². The summed E-state index contributed by atoms with van der Waals surface area (Å²) in [5, 5.41) is 22.5. The highest BCUT2D eigenvalue weighted by Gasteiger charge is 2.10. The Hall–Kier alpha value is -3.65. The van der Waals surface area contributed by atoms with Gasteiger partial charge in [0.05, 0.1) is 23.2 Å². The number of ether oxygens (including phenoxy) is 1. The first-order valence-electron chi connectivity index (χ1n) is 8.15. The second kappa shape index (κ2) is 7.49. The Bertz CT molecular complexity index is 1050. The van der Waals surface area contributed by atoms with Gasteiger partial charge in [-0.15, -0.1) is 0 Å². The molecule has 0 spiro atoms. The van der Waals surface area contributed by atoms with Crippen molar-refractivity contribution in [3.63, 3.8) is 0 Å². The van der Waals surface area contributed by atoms with Gasteiger partial charge in [0.1, 0.15) is 5.75 Å². The number of allylic oxidation sites excluding steroid dienone is 1. The van der Waals surface area contributed by atoms with E-state index in [1.54, 1.807) is 18.2 Å². The zero-order valence-corrected chi connectivity index (χ0v) is 14.2. The van der Waals surface area contributed by atoms with Crippen molar-refractivity contribution < 1.29 is 9.66 Å². The molecule has 0 fully saturated rings. The van der Waals surface area contributed by atoms with E-state index in [9.17, 15) is 15.4 Å². The van der Waals surface area contributed by atoms with Gasteiger partial charge in [-0.25, -0.2) is 0 Å². The molecule has 0 aliphatic rings. The summed E-state index contributed by atoms with van der Waals surface area (Å²) in [6, 6.07) is 19.8. The van der Waals surface area contributed by atoms with Crippen LogP contribution in [-0.4, -0.2) is 11.5 Å². The highest BCUT2D eigenvalue weighted by atomic mass is 16.6. The molecule has 5 nitrogen and oxygen atoms in total. The van der Waals surface area contributed by atoms with Crippen LogP contribution in [0.3, 0.4) is 0 Å². The lowest BCUT2D eigenvalue weighted by atomic mass is 9.99. The average Bonchev–Trinajstić information content (AvgIpc) is 2.67. The van der Waals surface area contributed by atoms with Crippen LogP contribution in [0.5, 0.6) is 5.75 Å². The van der Waals surface area contributed by atoms with Crippen LogP contribution in [0, 0.1) is 21.4 Å². The number of benzene rings is 3. The van der Waals surface area contributed by atoms with Crippen LogP contribution in [-0.2, 0) is 0 Å². The lowest BCUT2D eigenvalue weighted by Gasteiger charge is -2.10. The summed E-state index contributed by atoms with van der Waals surface area (Å²) in [4.78, 5) is 10.5. The van der Waals surface area contributed by atoms with Gasteiger partial charge in [-0.3, -0.25) is 10.1 Å². The summed E-state index contributed by atoms with van der Waals surface area (Å²) in [7, 11) is 0. The summed E-state index contributed by atoms with van der Waals surface area (Å²) in [6.45, 7) is 2.50. The molecule has 5 heteroatoms. The summed E-state index contributed by atoms with van der Waals surface area (Å²) in [5.41, 5.74) is 1.69. The topological polar surface area (TPSA) is 76.2 Å². The quantitative estimate of drug-likeness (QED) is 0.275. The smallest absolute Gasteiger partial charge is 0.270 e. The summed E-state index contributed by atoms with van der Waals surface area (Å²) in [6.07, 6.45) is 1.75. The van der Waals surface area contributed by atoms with E-state index in [4.69, 9.17) is 4.74 Å². The van der Waals surface area contributed by atoms with Crippen molar-refractivity contribution in [1.82, 2.24) is 0 Å². The molecule has 3 aromatic rings. The summed E-state index contributed by atoms with van der Waals surface area (Å²) >= 11 is 0. The van der Waals surface area contributed by atoms with Crippen molar-refractivity contribution >= 4 is 28.1 Å². The van der Waals surface area contributed by atoms with E-state index >= 15 is 0 Å². The van der Waals surface area contributed by atoms with Gasteiger partial charge in [0.25, 0.3) is 5.69 Å². The fourth-order valence-electron chi connectivity index (χ4n) is 2.82. The number of hydrogen-bond acceptors (Lipinski definition) is 4. The Morgan fingerprint density at radius 2 is 1.92 bits per heavy atom. The number of fused-ring (bicyclic) bond motifs is 1. The molecule has 3 rings (SSSR count). The van der Waals surface area contributed by atoms with Gasteiger partial charge in [0.15, 0.2) is 0 Å². The van der Waals surface area contributed by atoms with E-state index in [-0.39, 0.29) is 5.69 Å². The minimum atomic E-state index is -0.467. The molecular weight excluding hydrogens is 328 g/mol. The van der Waals surface area contributed by atoms with Gasteiger partial charge in [0, 0.05) is 17.5 Å². The lowest BCUT2D eigenvalue weighted by molar-refractivity contribution is -0.384. The van der Waals surface area contributed by atoms with Crippen LogP contribution in [0.1, 0.15) is 18.1 Å². The Labute approximate surface area is 150 Å². The van der Waals surface area contributed by atoms with Crippen molar-refractivity contribution in [2.24, 2.45) is 0 Å². The first kappa shape index (κ1) is 17.2. The molecule has 128 valence electrons. The van der Waals surface area contributed by atoms with Crippen molar-refractivity contribution in [3.8, 4) is 11.8 Å². The first-order valence-corrected chi connectivity index (χ1v) is 8.15. The summed E-state index contributed by atoms with van der Waals surface area (Å²) in [5.74, 6) is 0.786. The molecule has 0 saturated heterocycles. The Morgan fingerprint density at radius 3 is 2.62 bits per heavy atom. The van der Waals surface area contributed by atoms with Crippen LogP contribution in [0.15, 0.2) is 60.7 Å². The molecule has 26 heavy (non-hydrogen) atoms. The Balaban J connectivity index is 2.14. The van der Waals surface area contributed by atoms with Crippen molar-refractivity contribution in [1.29, 1.82) is 5.26 Å². The highest BCUT2D eigenvalue weighted by Crippen LogP contribution is 2.31. The van der Waals surface area contributed by atoms with Gasteiger partial charge in [-0.05, 0) is 35.6 Å². The van der Waals surface area contributed by atoms with E-state index in [0.29, 0.717) is 17.7 Å². The van der Waals surface area contributed by atoms with Crippen LogP contribution < -0.4 is 4.74 Å². The third-order valence-electron chi connectivity index (χ3n) is 4.01. The Kier molecular flexibility index (Phi) is 4.95. The minimum Gasteiger partial charge on any atom is -0.493 e. The van der Waals surface area contributed by atoms with E-state index in [1.807, 2.05) is 43.3 Å². The molecule has 0 aromatic heterocycles. The molecule has 0 unspecified atom stereocenters. The maximum Gasteiger partial charge on any atom is 0.270 e. The molecule has 0 saturated carbocycles. The minimum absolute atomic E-state index is 0.0415. The zero-order chi connectivity index (χ0) is 18.5. The third kappa shape index (κ3) is 3.40. The number of nitriles is 1. The monoisotopic (exact) mass is 344 g/mol. The zero-order valence-electron chi connectivity index (χ0n) is 14.2. The van der Waals surface area contributed by atoms with Gasteiger partial charge >= 0.3 is 0 Å². The number of nitrogens with zero attached hydrogens (tertiary/aromatic N) is 2. The molecule has 0 atom stereocenters. The maximum atomic E-state index is 11.0. The van der Waals surface area contributed by atoms with Crippen molar-refractivity contribution in [2.75, 3.05) is 6.61 Å². The molecule has 3 aromatic carbocycles. The van der Waals surface area contributed by atoms with Crippen molar-refractivity contribution in [2.45, 2.75) is 6.92 Å². The molecule has 0 N–H and O–H groups in total. The Morgan fingerprint density at radius 1 is 1.15 bits per heavy atom. The molecule has 0 aliphatic carbocycles. The summed E-state index contributed by atoms with van der Waals surface area (Å²) < 4.78 is 5.67. The fourth-order valence-corrected chi connectivity index (χ4v) is 2.82. The van der Waals surface area contributed by atoms with Crippen molar-refractivity contribution in [3.05, 3.63) is 81.9 Å². The van der Waals surface area contributed by atoms with E-state index in [2.05, 4.69) is 6.07 Å². The average molecular weight is 344 g/mol. The number of rotatable bonds is 5. The normalized spacial score (nSPS) is 11.2. The number of hydrogen-bond donors (Lipinski definition) is 0. The number of nitro benzene ring substituents is 1. The van der Waals surface area contributed by atoms with Crippen LogP contribution in [0.2, 0.25) is 0 Å². The van der Waals surface area contributed by atoms with Gasteiger partial charge in [-0.2, -0.15) is 5.26 Å². The standard InChI is InChI=1S/C21H16N2O3/c1-2-26-21-11-10-16(19-8-3-4-9-20(19)21)12-17(14-22)15-6-5-7-18(13-15)23(24)25/h3-13H,2H2,1H3. The predicted molar refractivity (Wildman–Crippen MR) is 102 cm³/mol. The van der Waals surface area contributed by atoms with E-state index < -0.39 is 4.92 Å². The van der Waals surface area contributed by atoms with Gasteiger partial charge < -0.3 is 4.74 Å². The van der Waals surface area contributed by atoms with Gasteiger partial charge in [-0.1, -0.05) is 42.5 Å². The molecule has 0 heterocycles. The van der Waals surface area contributed by atoms with Crippen LogP contribution in [0.4, 0.5) is 5.69 Å². The molecule has 0 aliphatic heterocycles. The predicted octanol–water partition coefficient (Wildman–Crippen LogP) is 5.21. The van der Waals surface area contributed by atoms with E-state index in [0.717, 1.165) is 22.1 Å². The maximum absolute atomic E-state index is 11.0. The number of nitro groups is 1. The second-order valence-electron chi connectivity index (χ2n) is 5.61. The first-order chi connectivity index (χ1) is 12.6. The highest BCUT2D eigenvalue weighted by molar-refractivity contribution is 6.00. The van der Waals surface area contributed by atoms with Crippen LogP contribution in [0.25, 0.3) is 22.4 Å². The molecular formula is C21H16N2O3. The largest absolute Gasteiger partial charge is 0.493 e. The number of non-ortho nitro benzene ring substituents is 1. The SMILES string of the molecule is CCOc1ccc(C=C(C#N)c2cccc([N+](=O)[O-])c2)c2ccccc12.